The summed E-state index contributed by atoms with van der Waals surface area (Å²) < 4.78 is 11.9. The van der Waals surface area contributed by atoms with E-state index in [-0.39, 0.29) is 18.1 Å². The average Bonchev–Trinajstić information content (AvgIpc) is 3.39. The summed E-state index contributed by atoms with van der Waals surface area (Å²) >= 11 is 0. The topological polar surface area (TPSA) is 64.3 Å². The second-order valence-electron chi connectivity index (χ2n) is 8.73. The van der Waals surface area contributed by atoms with Gasteiger partial charge < -0.3 is 9.15 Å². The summed E-state index contributed by atoms with van der Waals surface area (Å²) in [4.78, 5) is 24.3. The molecule has 5 atom stereocenters. The van der Waals surface area contributed by atoms with E-state index in [0.717, 1.165) is 34.7 Å². The third-order valence-electron chi connectivity index (χ3n) is 7.36. The average molecular weight is 404 g/mol. The molecular formula is C24H24N2O4. The lowest BCUT2D eigenvalue weighted by molar-refractivity contribution is -0.137. The zero-order chi connectivity index (χ0) is 20.5. The number of fused-ring (bicyclic) bond motifs is 2. The molecule has 1 spiro atoms. The van der Waals surface area contributed by atoms with Crippen LogP contribution < -0.4 is 5.06 Å². The smallest absolute Gasteiger partial charge is 0.264 e. The van der Waals surface area contributed by atoms with Gasteiger partial charge in [-0.15, -0.1) is 0 Å². The standard InChI is InChI=1S/C24H24N2O4/c1-14(10-15-6-5-9-29-15)22-16-11-21-24(12-19(25-22)17(16)13-30-21)18-7-3-4-8-20(18)26(28-2)23(24)27/h3-10,16-17,19,21H,11-13H2,1-2H3/b14-10+/t16-,17+,19+,21-,24+/m1/s1. The van der Waals surface area contributed by atoms with Crippen molar-refractivity contribution in [3.63, 3.8) is 0 Å². The highest BCUT2D eigenvalue weighted by Gasteiger charge is 2.64. The van der Waals surface area contributed by atoms with Crippen LogP contribution in [0.5, 0.6) is 0 Å². The summed E-state index contributed by atoms with van der Waals surface area (Å²) in [7, 11) is 1.55. The number of aliphatic imine (C=N–C) groups is 1. The summed E-state index contributed by atoms with van der Waals surface area (Å²) in [6.45, 7) is 2.75. The number of hydrogen-bond donors (Lipinski definition) is 0. The Bertz CT molecular complexity index is 1070. The molecule has 1 aromatic heterocycles. The first-order valence-corrected chi connectivity index (χ1v) is 10.5. The summed E-state index contributed by atoms with van der Waals surface area (Å²) in [5.74, 6) is 1.43. The predicted molar refractivity (Wildman–Crippen MR) is 112 cm³/mol. The molecule has 4 aliphatic heterocycles. The van der Waals surface area contributed by atoms with Crippen LogP contribution in [0, 0.1) is 11.8 Å². The van der Waals surface area contributed by atoms with Crippen molar-refractivity contribution in [2.24, 2.45) is 16.8 Å². The van der Waals surface area contributed by atoms with E-state index in [4.69, 9.17) is 19.0 Å². The molecule has 6 nitrogen and oxygen atoms in total. The van der Waals surface area contributed by atoms with Gasteiger partial charge in [-0.3, -0.25) is 14.6 Å². The Morgan fingerprint density at radius 3 is 2.97 bits per heavy atom. The van der Waals surface area contributed by atoms with Gasteiger partial charge in [-0.05, 0) is 55.2 Å². The fourth-order valence-electron chi connectivity index (χ4n) is 6.06. The van der Waals surface area contributed by atoms with Crippen LogP contribution in [0.15, 0.2) is 57.6 Å². The van der Waals surface area contributed by atoms with Gasteiger partial charge in [0.15, 0.2) is 0 Å². The molecule has 154 valence electrons. The second-order valence-corrected chi connectivity index (χ2v) is 8.73. The number of nitrogens with zero attached hydrogens (tertiary/aromatic N) is 2. The number of allylic oxidation sites excluding steroid dienone is 1. The molecule has 5 heterocycles. The fraction of sp³-hybridized carbons (Fsp3) is 0.417. The minimum absolute atomic E-state index is 0.0241. The Morgan fingerprint density at radius 2 is 2.17 bits per heavy atom. The fourth-order valence-corrected chi connectivity index (χ4v) is 6.06. The molecule has 0 unspecified atom stereocenters. The zero-order valence-electron chi connectivity index (χ0n) is 17.1. The van der Waals surface area contributed by atoms with Gasteiger partial charge in [0.1, 0.15) is 11.2 Å². The number of amides is 1. The molecule has 0 radical (unpaired) electrons. The predicted octanol–water partition coefficient (Wildman–Crippen LogP) is 3.78. The first-order valence-electron chi connectivity index (χ1n) is 10.5. The molecule has 7 rings (SSSR count). The lowest BCUT2D eigenvalue weighted by atomic mass is 9.71. The minimum atomic E-state index is -0.728. The molecule has 2 aromatic rings. The molecule has 1 aliphatic carbocycles. The summed E-state index contributed by atoms with van der Waals surface area (Å²) in [5.41, 5.74) is 3.39. The first kappa shape index (κ1) is 18.1. The van der Waals surface area contributed by atoms with Crippen LogP contribution in [-0.4, -0.2) is 37.5 Å². The Hall–Kier alpha value is -2.70. The number of furan rings is 1. The van der Waals surface area contributed by atoms with Crippen molar-refractivity contribution in [1.82, 2.24) is 0 Å². The van der Waals surface area contributed by atoms with E-state index >= 15 is 0 Å². The van der Waals surface area contributed by atoms with Gasteiger partial charge in [0.2, 0.25) is 0 Å². The quantitative estimate of drug-likeness (QED) is 0.781. The van der Waals surface area contributed by atoms with Crippen LogP contribution >= 0.6 is 0 Å². The summed E-state index contributed by atoms with van der Waals surface area (Å²) in [5, 5.41) is 1.44. The van der Waals surface area contributed by atoms with Gasteiger partial charge in [-0.2, -0.15) is 5.06 Å². The highest BCUT2D eigenvalue weighted by atomic mass is 16.7. The largest absolute Gasteiger partial charge is 0.465 e. The number of anilines is 1. The SMILES string of the molecule is CON1C(=O)[C@@]2(C[C@@H]3N=C(/C(C)=C/c4ccco4)[C@@H]4C[C@H]2OC[C@H]34)c2ccccc21. The molecule has 0 N–H and O–H groups in total. The number of benzene rings is 1. The molecule has 2 saturated heterocycles. The van der Waals surface area contributed by atoms with Crippen molar-refractivity contribution in [1.29, 1.82) is 0 Å². The van der Waals surface area contributed by atoms with Crippen LogP contribution in [0.3, 0.4) is 0 Å². The van der Waals surface area contributed by atoms with Gasteiger partial charge in [-0.25, -0.2) is 0 Å². The van der Waals surface area contributed by atoms with E-state index < -0.39 is 5.41 Å². The maximum Gasteiger partial charge on any atom is 0.264 e. The van der Waals surface area contributed by atoms with Crippen LogP contribution in [0.2, 0.25) is 0 Å². The van der Waals surface area contributed by atoms with Crippen LogP contribution in [0.4, 0.5) is 5.69 Å². The molecule has 5 aliphatic rings. The lowest BCUT2D eigenvalue weighted by Crippen LogP contribution is -2.51. The molecule has 1 amide bonds. The van der Waals surface area contributed by atoms with Gasteiger partial charge >= 0.3 is 0 Å². The zero-order valence-corrected chi connectivity index (χ0v) is 17.1. The summed E-state index contributed by atoms with van der Waals surface area (Å²) in [6.07, 6.45) is 5.01. The first-order chi connectivity index (χ1) is 14.6. The van der Waals surface area contributed by atoms with Gasteiger partial charge in [0.05, 0.1) is 37.8 Å². The third kappa shape index (κ3) is 2.26. The van der Waals surface area contributed by atoms with Crippen molar-refractivity contribution < 1.29 is 18.8 Å². The molecule has 3 fully saturated rings. The normalized spacial score (nSPS) is 34.5. The van der Waals surface area contributed by atoms with Crippen molar-refractivity contribution in [3.05, 3.63) is 59.6 Å². The molecule has 30 heavy (non-hydrogen) atoms. The number of ether oxygens (including phenoxy) is 1. The highest BCUT2D eigenvalue weighted by Crippen LogP contribution is 2.57. The van der Waals surface area contributed by atoms with E-state index in [0.29, 0.717) is 24.9 Å². The highest BCUT2D eigenvalue weighted by molar-refractivity contribution is 6.09. The Morgan fingerprint density at radius 1 is 1.30 bits per heavy atom. The number of hydrogen-bond acceptors (Lipinski definition) is 5. The number of para-hydroxylation sites is 1. The third-order valence-corrected chi connectivity index (χ3v) is 7.36. The van der Waals surface area contributed by atoms with Crippen molar-refractivity contribution >= 4 is 23.4 Å². The van der Waals surface area contributed by atoms with E-state index in [1.54, 1.807) is 13.4 Å². The van der Waals surface area contributed by atoms with Gasteiger partial charge in [-0.1, -0.05) is 18.2 Å². The van der Waals surface area contributed by atoms with E-state index in [2.05, 4.69) is 19.1 Å². The van der Waals surface area contributed by atoms with Crippen LogP contribution in [0.1, 0.15) is 31.1 Å². The van der Waals surface area contributed by atoms with Crippen LogP contribution in [-0.2, 0) is 19.8 Å². The Kier molecular flexibility index (Phi) is 3.86. The maximum absolute atomic E-state index is 13.7. The maximum atomic E-state index is 13.7. The second kappa shape index (κ2) is 6.40. The number of carbonyl (C=O) groups excluding carboxylic acids is 1. The molecule has 1 aromatic carbocycles. The minimum Gasteiger partial charge on any atom is -0.465 e. The Labute approximate surface area is 175 Å². The molecule has 6 heteroatoms. The van der Waals surface area contributed by atoms with E-state index in [1.165, 1.54) is 5.06 Å². The van der Waals surface area contributed by atoms with Crippen LogP contribution in [0.25, 0.3) is 6.08 Å². The lowest BCUT2D eigenvalue weighted by Gasteiger charge is -2.38. The number of rotatable bonds is 3. The van der Waals surface area contributed by atoms with Crippen molar-refractivity contribution in [2.75, 3.05) is 18.8 Å². The molecule has 4 bridgehead atoms. The Balaban J connectivity index is 1.44. The molecule has 1 saturated carbocycles. The van der Waals surface area contributed by atoms with Crippen molar-refractivity contribution in [3.8, 4) is 0 Å². The summed E-state index contributed by atoms with van der Waals surface area (Å²) in [6, 6.07) is 11.8. The van der Waals surface area contributed by atoms with Gasteiger partial charge in [0.25, 0.3) is 5.91 Å². The monoisotopic (exact) mass is 404 g/mol. The van der Waals surface area contributed by atoms with E-state index in [9.17, 15) is 4.79 Å². The molecular weight excluding hydrogens is 380 g/mol. The van der Waals surface area contributed by atoms with E-state index in [1.807, 2.05) is 30.3 Å². The van der Waals surface area contributed by atoms with Crippen molar-refractivity contribution in [2.45, 2.75) is 37.3 Å². The number of carbonyl (C=O) groups is 1. The number of hydroxylamine groups is 1. The van der Waals surface area contributed by atoms with Gasteiger partial charge in [0, 0.05) is 17.5 Å².